The lowest BCUT2D eigenvalue weighted by molar-refractivity contribution is -0.138. The summed E-state index contributed by atoms with van der Waals surface area (Å²) in [4.78, 5) is 24.7. The Bertz CT molecular complexity index is 521. The highest BCUT2D eigenvalue weighted by atomic mass is 32.1. The van der Waals surface area contributed by atoms with Gasteiger partial charge in [0.05, 0.1) is 12.3 Å². The zero-order valence-electron chi connectivity index (χ0n) is 11.3. The van der Waals surface area contributed by atoms with Crippen molar-refractivity contribution >= 4 is 23.2 Å². The van der Waals surface area contributed by atoms with Crippen LogP contribution in [0.1, 0.15) is 48.5 Å². The van der Waals surface area contributed by atoms with Crippen LogP contribution in [-0.4, -0.2) is 23.0 Å². The number of hydrogen-bond acceptors (Lipinski definition) is 3. The minimum absolute atomic E-state index is 0.0162. The summed E-state index contributed by atoms with van der Waals surface area (Å²) >= 11 is 1.72. The van der Waals surface area contributed by atoms with E-state index in [1.807, 2.05) is 11.4 Å². The first-order chi connectivity index (χ1) is 9.65. The van der Waals surface area contributed by atoms with Gasteiger partial charge in [-0.2, -0.15) is 0 Å². The monoisotopic (exact) mass is 293 g/mol. The highest BCUT2D eigenvalue weighted by Crippen LogP contribution is 2.37. The second kappa shape index (κ2) is 5.56. The first-order valence-electron chi connectivity index (χ1n) is 7.23. The van der Waals surface area contributed by atoms with E-state index < -0.39 is 5.97 Å². The number of nitrogens with one attached hydrogen (secondary N) is 1. The molecule has 3 rings (SSSR count). The molecule has 2 atom stereocenters. The molecule has 0 spiro atoms. The molecule has 1 saturated carbocycles. The number of carbonyl (C=O) groups excluding carboxylic acids is 1. The van der Waals surface area contributed by atoms with Crippen molar-refractivity contribution in [2.75, 3.05) is 0 Å². The van der Waals surface area contributed by atoms with Crippen molar-refractivity contribution in [1.82, 2.24) is 5.32 Å². The third kappa shape index (κ3) is 2.87. The number of carboxylic acid groups (broad SMARTS) is 1. The Labute approximate surface area is 122 Å². The van der Waals surface area contributed by atoms with Gasteiger partial charge in [-0.1, -0.05) is 0 Å². The molecule has 2 aliphatic carbocycles. The summed E-state index contributed by atoms with van der Waals surface area (Å²) in [5.41, 5.74) is 1.16. The maximum Gasteiger partial charge on any atom is 0.305 e. The maximum atomic E-state index is 12.5. The van der Waals surface area contributed by atoms with E-state index in [4.69, 9.17) is 5.11 Å². The number of rotatable bonds is 5. The Morgan fingerprint density at radius 1 is 1.40 bits per heavy atom. The van der Waals surface area contributed by atoms with Crippen LogP contribution in [0.3, 0.4) is 0 Å². The molecule has 0 bridgehead atoms. The largest absolute Gasteiger partial charge is 0.481 e. The van der Waals surface area contributed by atoms with E-state index in [2.05, 4.69) is 5.32 Å². The lowest BCUT2D eigenvalue weighted by Crippen LogP contribution is -2.41. The molecule has 0 saturated heterocycles. The average molecular weight is 293 g/mol. The number of carbonyl (C=O) groups is 2. The van der Waals surface area contributed by atoms with E-state index in [-0.39, 0.29) is 24.3 Å². The number of aryl methyl sites for hydroxylation is 1. The summed E-state index contributed by atoms with van der Waals surface area (Å²) in [5.74, 6) is -0.537. The molecule has 1 fully saturated rings. The van der Waals surface area contributed by atoms with Gasteiger partial charge < -0.3 is 10.4 Å². The van der Waals surface area contributed by atoms with Crippen molar-refractivity contribution in [2.45, 2.75) is 50.5 Å². The Morgan fingerprint density at radius 3 is 2.90 bits per heavy atom. The fourth-order valence-electron chi connectivity index (χ4n) is 3.06. The van der Waals surface area contributed by atoms with Crippen molar-refractivity contribution in [3.63, 3.8) is 0 Å². The van der Waals surface area contributed by atoms with Gasteiger partial charge in [-0.25, -0.2) is 0 Å². The van der Waals surface area contributed by atoms with Gasteiger partial charge in [0.1, 0.15) is 0 Å². The minimum atomic E-state index is -0.831. The molecule has 1 aromatic heterocycles. The van der Waals surface area contributed by atoms with Crippen LogP contribution < -0.4 is 5.32 Å². The quantitative estimate of drug-likeness (QED) is 0.876. The van der Waals surface area contributed by atoms with Crippen molar-refractivity contribution < 1.29 is 14.7 Å². The van der Waals surface area contributed by atoms with Crippen LogP contribution in [0.25, 0.3) is 0 Å². The van der Waals surface area contributed by atoms with Gasteiger partial charge >= 0.3 is 5.97 Å². The average Bonchev–Trinajstić information content (AvgIpc) is 3.14. The number of amides is 1. The van der Waals surface area contributed by atoms with Gasteiger partial charge in [0.25, 0.3) is 0 Å². The molecular formula is C15H19NO3S. The predicted molar refractivity (Wildman–Crippen MR) is 76.9 cm³/mol. The number of carboxylic acids is 1. The smallest absolute Gasteiger partial charge is 0.305 e. The minimum Gasteiger partial charge on any atom is -0.481 e. The summed E-state index contributed by atoms with van der Waals surface area (Å²) in [6.07, 6.45) is 5.09. The van der Waals surface area contributed by atoms with Crippen LogP contribution in [0.15, 0.2) is 11.4 Å². The lowest BCUT2D eigenvalue weighted by atomic mass is 9.87. The number of fused-ring (bicyclic) bond motifs is 1. The summed E-state index contributed by atoms with van der Waals surface area (Å²) in [7, 11) is 0. The van der Waals surface area contributed by atoms with Crippen molar-refractivity contribution in [3.05, 3.63) is 21.9 Å². The van der Waals surface area contributed by atoms with E-state index >= 15 is 0 Å². The normalized spacial score (nSPS) is 22.9. The SMILES string of the molecule is O=C(O)CC(NC(=O)C1CCCc2sccc21)C1CC1. The maximum absolute atomic E-state index is 12.5. The molecule has 0 radical (unpaired) electrons. The number of hydrogen-bond donors (Lipinski definition) is 2. The third-order valence-electron chi connectivity index (χ3n) is 4.28. The second-order valence-corrected chi connectivity index (χ2v) is 6.79. The molecule has 2 unspecified atom stereocenters. The Balaban J connectivity index is 1.68. The molecule has 108 valence electrons. The highest BCUT2D eigenvalue weighted by Gasteiger charge is 2.36. The molecule has 2 aliphatic rings. The molecule has 0 aromatic carbocycles. The molecule has 2 N–H and O–H groups in total. The van der Waals surface area contributed by atoms with Gasteiger partial charge in [0, 0.05) is 10.9 Å². The molecule has 1 aromatic rings. The van der Waals surface area contributed by atoms with Gasteiger partial charge in [-0.15, -0.1) is 11.3 Å². The van der Waals surface area contributed by atoms with E-state index in [0.29, 0.717) is 5.92 Å². The highest BCUT2D eigenvalue weighted by molar-refractivity contribution is 7.10. The molecule has 4 nitrogen and oxygen atoms in total. The van der Waals surface area contributed by atoms with E-state index in [1.165, 1.54) is 4.88 Å². The second-order valence-electron chi connectivity index (χ2n) is 5.79. The van der Waals surface area contributed by atoms with Crippen LogP contribution in [0.2, 0.25) is 0 Å². The first kappa shape index (κ1) is 13.6. The van der Waals surface area contributed by atoms with Crippen LogP contribution in [-0.2, 0) is 16.0 Å². The molecule has 20 heavy (non-hydrogen) atoms. The van der Waals surface area contributed by atoms with Crippen molar-refractivity contribution in [2.24, 2.45) is 5.92 Å². The Hall–Kier alpha value is -1.36. The summed E-state index contributed by atoms with van der Waals surface area (Å²) < 4.78 is 0. The standard InChI is InChI=1S/C15H19NO3S/c17-14(18)8-12(9-4-5-9)16-15(19)11-2-1-3-13-10(11)6-7-20-13/h6-7,9,11-12H,1-5,8H2,(H,16,19)(H,17,18). The number of aliphatic carboxylic acids is 1. The van der Waals surface area contributed by atoms with E-state index in [0.717, 1.165) is 37.7 Å². The van der Waals surface area contributed by atoms with Crippen molar-refractivity contribution in [3.8, 4) is 0 Å². The first-order valence-corrected chi connectivity index (χ1v) is 8.11. The molecule has 5 heteroatoms. The lowest BCUT2D eigenvalue weighted by Gasteiger charge is -2.25. The topological polar surface area (TPSA) is 66.4 Å². The number of thiophene rings is 1. The molecule has 1 heterocycles. The molecular weight excluding hydrogens is 274 g/mol. The van der Waals surface area contributed by atoms with Gasteiger partial charge in [-0.05, 0) is 55.0 Å². The van der Waals surface area contributed by atoms with Crippen LogP contribution in [0.5, 0.6) is 0 Å². The fraction of sp³-hybridized carbons (Fsp3) is 0.600. The van der Waals surface area contributed by atoms with E-state index in [1.54, 1.807) is 11.3 Å². The third-order valence-corrected chi connectivity index (χ3v) is 5.28. The van der Waals surface area contributed by atoms with Gasteiger partial charge in [-0.3, -0.25) is 9.59 Å². The summed E-state index contributed by atoms with van der Waals surface area (Å²) in [5, 5.41) is 14.0. The van der Waals surface area contributed by atoms with Gasteiger partial charge in [0.15, 0.2) is 0 Å². The molecule has 0 aliphatic heterocycles. The van der Waals surface area contributed by atoms with Crippen molar-refractivity contribution in [1.29, 1.82) is 0 Å². The summed E-state index contributed by atoms with van der Waals surface area (Å²) in [6, 6.07) is 1.86. The fourth-order valence-corrected chi connectivity index (χ4v) is 4.05. The Morgan fingerprint density at radius 2 is 2.20 bits per heavy atom. The van der Waals surface area contributed by atoms with Crippen LogP contribution in [0.4, 0.5) is 0 Å². The zero-order chi connectivity index (χ0) is 14.1. The van der Waals surface area contributed by atoms with E-state index in [9.17, 15) is 9.59 Å². The summed E-state index contributed by atoms with van der Waals surface area (Å²) in [6.45, 7) is 0. The zero-order valence-corrected chi connectivity index (χ0v) is 12.1. The van der Waals surface area contributed by atoms with Crippen LogP contribution in [0, 0.1) is 5.92 Å². The Kier molecular flexibility index (Phi) is 3.78. The molecule has 1 amide bonds. The van der Waals surface area contributed by atoms with Crippen LogP contribution >= 0.6 is 11.3 Å². The van der Waals surface area contributed by atoms with Gasteiger partial charge in [0.2, 0.25) is 5.91 Å². The predicted octanol–water partition coefficient (Wildman–Crippen LogP) is 2.54.